The Morgan fingerprint density at radius 2 is 1.64 bits per heavy atom. The van der Waals surface area contributed by atoms with Gasteiger partial charge >= 0.3 is 0 Å². The summed E-state index contributed by atoms with van der Waals surface area (Å²) >= 11 is 0. The van der Waals surface area contributed by atoms with Gasteiger partial charge in [-0.05, 0) is 52.1 Å². The van der Waals surface area contributed by atoms with Crippen LogP contribution in [-0.2, 0) is 9.53 Å². The lowest BCUT2D eigenvalue weighted by Gasteiger charge is -2.38. The number of hydrogen-bond donors (Lipinski definition) is 0. The Morgan fingerprint density at radius 1 is 1.00 bits per heavy atom. The number of rotatable bonds is 10. The highest BCUT2D eigenvalue weighted by atomic mass is 16.5. The maximum Gasteiger partial charge on any atom is 0.146 e. The summed E-state index contributed by atoms with van der Waals surface area (Å²) in [6.45, 7) is 17.1. The predicted molar refractivity (Wildman–Crippen MR) is 103 cm³/mol. The lowest BCUT2D eigenvalue weighted by molar-refractivity contribution is -0.120. The number of carbonyl (C=O) groups excluding carboxylic acids is 1. The lowest BCUT2D eigenvalue weighted by Crippen LogP contribution is -2.49. The molecule has 0 N–H and O–H groups in total. The van der Waals surface area contributed by atoms with Gasteiger partial charge in [0.25, 0.3) is 0 Å². The van der Waals surface area contributed by atoms with E-state index in [1.807, 2.05) is 0 Å². The fraction of sp³-hybridized carbons (Fsp3) is 0.950. The standard InChI is InChI=1S/C20H39N3O2/c1-4-5-20(24)17-22-8-6-19(7-9-22)16-23-12-10-21(11-13-23)14-15-25-18(2)3/h18-19H,4-17H2,1-3H3. The Labute approximate surface area is 154 Å². The molecule has 5 heteroatoms. The van der Waals surface area contributed by atoms with Crippen molar-refractivity contribution in [3.63, 3.8) is 0 Å². The first-order valence-electron chi connectivity index (χ1n) is 10.4. The van der Waals surface area contributed by atoms with Crippen molar-refractivity contribution in [3.8, 4) is 0 Å². The van der Waals surface area contributed by atoms with Gasteiger partial charge in [-0.1, -0.05) is 6.92 Å². The molecule has 2 aliphatic heterocycles. The molecule has 2 fully saturated rings. The van der Waals surface area contributed by atoms with Crippen LogP contribution in [0.4, 0.5) is 0 Å². The zero-order chi connectivity index (χ0) is 18.1. The number of likely N-dealkylation sites (tertiary alicyclic amines) is 1. The molecule has 2 heterocycles. The summed E-state index contributed by atoms with van der Waals surface area (Å²) in [6, 6.07) is 0. The van der Waals surface area contributed by atoms with Crippen LogP contribution in [0.1, 0.15) is 46.5 Å². The summed E-state index contributed by atoms with van der Waals surface area (Å²) in [6.07, 6.45) is 4.56. The van der Waals surface area contributed by atoms with Crippen LogP contribution in [0.5, 0.6) is 0 Å². The summed E-state index contributed by atoms with van der Waals surface area (Å²) in [5, 5.41) is 0. The zero-order valence-corrected chi connectivity index (χ0v) is 16.7. The normalized spacial score (nSPS) is 21.9. The number of Topliss-reactive ketones (excluding diaryl/α,β-unsaturated/α-hetero) is 1. The highest BCUT2D eigenvalue weighted by Gasteiger charge is 2.24. The first kappa shape index (κ1) is 20.8. The first-order chi connectivity index (χ1) is 12.1. The molecule has 2 aliphatic rings. The highest BCUT2D eigenvalue weighted by molar-refractivity contribution is 5.80. The molecule has 0 atom stereocenters. The van der Waals surface area contributed by atoms with Gasteiger partial charge in [0.15, 0.2) is 0 Å². The fourth-order valence-corrected chi connectivity index (χ4v) is 3.91. The number of carbonyl (C=O) groups is 1. The quantitative estimate of drug-likeness (QED) is 0.601. The summed E-state index contributed by atoms with van der Waals surface area (Å²) < 4.78 is 5.66. The lowest BCUT2D eigenvalue weighted by atomic mass is 9.95. The summed E-state index contributed by atoms with van der Waals surface area (Å²) in [7, 11) is 0. The molecule has 25 heavy (non-hydrogen) atoms. The SMILES string of the molecule is CCCC(=O)CN1CCC(CN2CCN(CCOC(C)C)CC2)CC1. The van der Waals surface area contributed by atoms with Gasteiger partial charge in [0, 0.05) is 45.7 Å². The Hall–Kier alpha value is -0.490. The second kappa shape index (κ2) is 11.3. The molecular weight excluding hydrogens is 314 g/mol. The van der Waals surface area contributed by atoms with Crippen molar-refractivity contribution >= 4 is 5.78 Å². The third-order valence-electron chi connectivity index (χ3n) is 5.48. The van der Waals surface area contributed by atoms with E-state index in [-0.39, 0.29) is 0 Å². The summed E-state index contributed by atoms with van der Waals surface area (Å²) in [4.78, 5) is 19.3. The van der Waals surface area contributed by atoms with E-state index < -0.39 is 0 Å². The van der Waals surface area contributed by atoms with E-state index in [1.54, 1.807) is 0 Å². The van der Waals surface area contributed by atoms with Gasteiger partial charge in [-0.3, -0.25) is 14.6 Å². The highest BCUT2D eigenvalue weighted by Crippen LogP contribution is 2.19. The Morgan fingerprint density at radius 3 is 2.24 bits per heavy atom. The van der Waals surface area contributed by atoms with E-state index in [0.717, 1.165) is 45.0 Å². The number of piperazine rings is 1. The van der Waals surface area contributed by atoms with Gasteiger partial charge in [0.1, 0.15) is 5.78 Å². The molecule has 0 aromatic heterocycles. The maximum absolute atomic E-state index is 11.8. The van der Waals surface area contributed by atoms with Gasteiger partial charge in [-0.25, -0.2) is 0 Å². The third kappa shape index (κ3) is 8.16. The number of piperidine rings is 1. The smallest absolute Gasteiger partial charge is 0.146 e. The molecule has 0 bridgehead atoms. The predicted octanol–water partition coefficient (Wildman–Crippen LogP) is 2.11. The molecule has 0 aliphatic carbocycles. The van der Waals surface area contributed by atoms with Crippen molar-refractivity contribution in [1.82, 2.24) is 14.7 Å². The van der Waals surface area contributed by atoms with E-state index in [4.69, 9.17) is 4.74 Å². The van der Waals surface area contributed by atoms with Crippen LogP contribution in [0.3, 0.4) is 0 Å². The molecule has 0 radical (unpaired) electrons. The topological polar surface area (TPSA) is 36.0 Å². The second-order valence-electron chi connectivity index (χ2n) is 8.07. The van der Waals surface area contributed by atoms with Crippen molar-refractivity contribution in [1.29, 1.82) is 0 Å². The van der Waals surface area contributed by atoms with Gasteiger partial charge < -0.3 is 9.64 Å². The van der Waals surface area contributed by atoms with Crippen molar-refractivity contribution in [2.24, 2.45) is 5.92 Å². The average molecular weight is 354 g/mol. The van der Waals surface area contributed by atoms with E-state index >= 15 is 0 Å². The number of hydrogen-bond acceptors (Lipinski definition) is 5. The Balaban J connectivity index is 1.56. The van der Waals surface area contributed by atoms with Crippen molar-refractivity contribution in [3.05, 3.63) is 0 Å². The molecule has 2 rings (SSSR count). The average Bonchev–Trinajstić information content (AvgIpc) is 2.58. The monoisotopic (exact) mass is 353 g/mol. The maximum atomic E-state index is 11.8. The largest absolute Gasteiger partial charge is 0.377 e. The first-order valence-corrected chi connectivity index (χ1v) is 10.4. The molecule has 0 unspecified atom stereocenters. The molecule has 0 saturated carbocycles. The van der Waals surface area contributed by atoms with E-state index in [1.165, 1.54) is 45.6 Å². The number of ketones is 1. The van der Waals surface area contributed by atoms with Crippen LogP contribution >= 0.6 is 0 Å². The van der Waals surface area contributed by atoms with Crippen LogP contribution in [0, 0.1) is 5.92 Å². The van der Waals surface area contributed by atoms with E-state index in [9.17, 15) is 4.79 Å². The van der Waals surface area contributed by atoms with Gasteiger partial charge in [0.05, 0.1) is 19.3 Å². The minimum absolute atomic E-state index is 0.337. The molecule has 0 aromatic rings. The zero-order valence-electron chi connectivity index (χ0n) is 16.7. The molecular formula is C20H39N3O2. The minimum Gasteiger partial charge on any atom is -0.377 e. The fourth-order valence-electron chi connectivity index (χ4n) is 3.91. The second-order valence-corrected chi connectivity index (χ2v) is 8.07. The molecule has 0 spiro atoms. The number of nitrogens with zero attached hydrogens (tertiary/aromatic N) is 3. The summed E-state index contributed by atoms with van der Waals surface area (Å²) in [5.41, 5.74) is 0. The Kier molecular flexibility index (Phi) is 9.39. The Bertz CT molecular complexity index is 373. The van der Waals surface area contributed by atoms with Crippen LogP contribution in [-0.4, -0.2) is 92.1 Å². The van der Waals surface area contributed by atoms with Crippen LogP contribution in [0.2, 0.25) is 0 Å². The molecule has 0 aromatic carbocycles. The van der Waals surface area contributed by atoms with E-state index in [2.05, 4.69) is 35.5 Å². The molecule has 2 saturated heterocycles. The third-order valence-corrected chi connectivity index (χ3v) is 5.48. The van der Waals surface area contributed by atoms with Gasteiger partial charge in [0.2, 0.25) is 0 Å². The number of ether oxygens (including phenoxy) is 1. The van der Waals surface area contributed by atoms with E-state index in [0.29, 0.717) is 18.4 Å². The van der Waals surface area contributed by atoms with Crippen molar-refractivity contribution < 1.29 is 9.53 Å². The van der Waals surface area contributed by atoms with Crippen LogP contribution < -0.4 is 0 Å². The van der Waals surface area contributed by atoms with Crippen molar-refractivity contribution in [2.75, 3.05) is 65.5 Å². The van der Waals surface area contributed by atoms with Crippen LogP contribution in [0.25, 0.3) is 0 Å². The van der Waals surface area contributed by atoms with Gasteiger partial charge in [-0.2, -0.15) is 0 Å². The molecule has 0 amide bonds. The van der Waals surface area contributed by atoms with Crippen molar-refractivity contribution in [2.45, 2.75) is 52.6 Å². The molecule has 5 nitrogen and oxygen atoms in total. The van der Waals surface area contributed by atoms with Crippen LogP contribution in [0.15, 0.2) is 0 Å². The molecule has 146 valence electrons. The summed E-state index contributed by atoms with van der Waals surface area (Å²) in [5.74, 6) is 1.23. The van der Waals surface area contributed by atoms with Gasteiger partial charge in [-0.15, -0.1) is 0 Å². The minimum atomic E-state index is 0.337.